The third-order valence-electron chi connectivity index (χ3n) is 3.89. The van der Waals surface area contributed by atoms with Crippen molar-refractivity contribution in [3.63, 3.8) is 0 Å². The second-order valence-electron chi connectivity index (χ2n) is 5.30. The van der Waals surface area contributed by atoms with Crippen LogP contribution in [-0.2, 0) is 21.9 Å². The summed E-state index contributed by atoms with van der Waals surface area (Å²) in [5, 5.41) is 11.6. The number of para-hydroxylation sites is 1. The van der Waals surface area contributed by atoms with Crippen LogP contribution in [0.4, 0.5) is 0 Å². The molecule has 1 aliphatic heterocycles. The number of H-pyrrole nitrogens is 1. The first-order valence-electron chi connectivity index (χ1n) is 7.00. The largest absolute Gasteiger partial charge is 0.363 e. The molecule has 4 rings (SSSR count). The Morgan fingerprint density at radius 3 is 2.64 bits per heavy atom. The zero-order valence-electron chi connectivity index (χ0n) is 11.6. The molecule has 0 radical (unpaired) electrons. The minimum absolute atomic E-state index is 0.327. The Hall–Kier alpha value is -1.85. The number of fused-ring (bicyclic) bond motifs is 1. The number of halogens is 1. The average Bonchev–Trinajstić information content (AvgIpc) is 3.00. The van der Waals surface area contributed by atoms with Crippen LogP contribution < -0.4 is 0 Å². The molecule has 1 aliphatic rings. The summed E-state index contributed by atoms with van der Waals surface area (Å²) in [4.78, 5) is 3.17. The predicted octanol–water partition coefficient (Wildman–Crippen LogP) is 3.54. The molecule has 0 bridgehead atoms. The van der Waals surface area contributed by atoms with Gasteiger partial charge in [-0.3, -0.25) is 0 Å². The number of hydrogen-bond donors (Lipinski definition) is 2. The zero-order valence-corrected chi connectivity index (χ0v) is 12.4. The number of aliphatic hydroxyl groups is 1. The van der Waals surface area contributed by atoms with Crippen LogP contribution in [0, 0.1) is 0 Å². The first-order chi connectivity index (χ1) is 10.7. The summed E-state index contributed by atoms with van der Waals surface area (Å²) in [5.74, 6) is -1.10. The second kappa shape index (κ2) is 5.11. The summed E-state index contributed by atoms with van der Waals surface area (Å²) in [6.07, 6.45) is 0.863. The van der Waals surface area contributed by atoms with Crippen LogP contribution in [0.1, 0.15) is 11.1 Å². The van der Waals surface area contributed by atoms with Crippen LogP contribution in [0.5, 0.6) is 0 Å². The molecule has 0 spiro atoms. The lowest BCUT2D eigenvalue weighted by Crippen LogP contribution is -2.17. The maximum absolute atomic E-state index is 9.95. The van der Waals surface area contributed by atoms with E-state index in [0.717, 1.165) is 22.0 Å². The molecular weight excluding hydrogens is 302 g/mol. The van der Waals surface area contributed by atoms with Gasteiger partial charge in [-0.15, -0.1) is 0 Å². The van der Waals surface area contributed by atoms with Crippen LogP contribution in [-0.4, -0.2) is 16.4 Å². The fourth-order valence-corrected chi connectivity index (χ4v) is 2.77. The highest BCUT2D eigenvalue weighted by atomic mass is 35.5. The van der Waals surface area contributed by atoms with Gasteiger partial charge in [0.2, 0.25) is 6.29 Å². The fourth-order valence-electron chi connectivity index (χ4n) is 2.64. The summed E-state index contributed by atoms with van der Waals surface area (Å²) in [7, 11) is 0. The topological polar surface area (TPSA) is 57.8 Å². The van der Waals surface area contributed by atoms with Gasteiger partial charge in [0.1, 0.15) is 0 Å². The quantitative estimate of drug-likeness (QED) is 0.724. The van der Waals surface area contributed by atoms with Gasteiger partial charge in [0.15, 0.2) is 0 Å². The number of hydrogen-bond acceptors (Lipinski definition) is 3. The lowest BCUT2D eigenvalue weighted by atomic mass is 10.1. The van der Waals surface area contributed by atoms with E-state index >= 15 is 0 Å². The van der Waals surface area contributed by atoms with Crippen molar-refractivity contribution in [3.05, 3.63) is 70.9 Å². The Morgan fingerprint density at radius 2 is 1.91 bits per heavy atom. The van der Waals surface area contributed by atoms with Gasteiger partial charge in [-0.1, -0.05) is 41.9 Å². The summed E-state index contributed by atoms with van der Waals surface area (Å²) in [6, 6.07) is 15.2. The van der Waals surface area contributed by atoms with Crippen LogP contribution in [0.25, 0.3) is 10.9 Å². The van der Waals surface area contributed by atoms with Gasteiger partial charge in [-0.05, 0) is 23.8 Å². The lowest BCUT2D eigenvalue weighted by molar-refractivity contribution is -0.0606. The molecule has 3 aromatic rings. The fraction of sp³-hybridized carbons (Fsp3) is 0.176. The van der Waals surface area contributed by atoms with Gasteiger partial charge >= 0.3 is 0 Å². The highest BCUT2D eigenvalue weighted by Crippen LogP contribution is 2.48. The van der Waals surface area contributed by atoms with E-state index in [0.29, 0.717) is 11.6 Å². The molecule has 4 nitrogen and oxygen atoms in total. The Bertz CT molecular complexity index is 814. The molecule has 2 unspecified atom stereocenters. The second-order valence-corrected chi connectivity index (χ2v) is 5.74. The minimum Gasteiger partial charge on any atom is -0.363 e. The van der Waals surface area contributed by atoms with Crippen molar-refractivity contribution in [2.75, 3.05) is 0 Å². The number of benzene rings is 2. The van der Waals surface area contributed by atoms with E-state index in [1.54, 1.807) is 0 Å². The minimum atomic E-state index is -1.10. The highest BCUT2D eigenvalue weighted by molar-refractivity contribution is 6.30. The van der Waals surface area contributed by atoms with Crippen molar-refractivity contribution >= 4 is 22.5 Å². The summed E-state index contributed by atoms with van der Waals surface area (Å²) in [6.45, 7) is 0.327. The number of rotatable bonds is 4. The maximum Gasteiger partial charge on any atom is 0.252 e. The number of aliphatic hydroxyl groups excluding tert-OH is 1. The van der Waals surface area contributed by atoms with Gasteiger partial charge < -0.3 is 19.6 Å². The predicted molar refractivity (Wildman–Crippen MR) is 83.3 cm³/mol. The number of nitrogens with one attached hydrogen (secondary N) is 1. The number of ether oxygens (including phenoxy) is 2. The molecular formula is C17H14ClNO3. The molecule has 1 aromatic heterocycles. The normalized spacial score (nSPS) is 23.8. The molecule has 22 heavy (non-hydrogen) atoms. The van der Waals surface area contributed by atoms with E-state index in [4.69, 9.17) is 21.1 Å². The van der Waals surface area contributed by atoms with E-state index in [-0.39, 0.29) is 0 Å². The molecule has 0 aliphatic carbocycles. The van der Waals surface area contributed by atoms with Crippen LogP contribution in [0.15, 0.2) is 54.7 Å². The summed E-state index contributed by atoms with van der Waals surface area (Å²) >= 11 is 5.87. The van der Waals surface area contributed by atoms with Crippen molar-refractivity contribution in [1.82, 2.24) is 4.98 Å². The zero-order chi connectivity index (χ0) is 15.2. The smallest absolute Gasteiger partial charge is 0.252 e. The van der Waals surface area contributed by atoms with E-state index in [1.165, 1.54) is 0 Å². The molecule has 112 valence electrons. The summed E-state index contributed by atoms with van der Waals surface area (Å²) < 4.78 is 11.3. The number of epoxide rings is 1. The summed E-state index contributed by atoms with van der Waals surface area (Å²) in [5.41, 5.74) is 2.76. The molecule has 5 heteroatoms. The molecule has 2 atom stereocenters. The molecule has 2 aromatic carbocycles. The van der Waals surface area contributed by atoms with Gasteiger partial charge in [-0.25, -0.2) is 0 Å². The van der Waals surface area contributed by atoms with Crippen molar-refractivity contribution in [2.45, 2.75) is 18.7 Å². The van der Waals surface area contributed by atoms with Crippen molar-refractivity contribution in [2.24, 2.45) is 0 Å². The van der Waals surface area contributed by atoms with Gasteiger partial charge in [0.05, 0.1) is 6.61 Å². The van der Waals surface area contributed by atoms with E-state index in [9.17, 15) is 5.11 Å². The molecule has 2 heterocycles. The standard InChI is InChI=1S/C17H14ClNO3/c18-12-7-5-11(6-8-12)10-21-17(16(20)22-17)14-9-19-15-4-2-1-3-13(14)15/h1-9,16,19-20H,10H2. The molecule has 1 fully saturated rings. The first kappa shape index (κ1) is 13.8. The Labute approximate surface area is 132 Å². The third kappa shape index (κ3) is 2.21. The molecule has 2 N–H and O–H groups in total. The monoisotopic (exact) mass is 315 g/mol. The first-order valence-corrected chi connectivity index (χ1v) is 7.38. The van der Waals surface area contributed by atoms with E-state index < -0.39 is 12.1 Å². The average molecular weight is 316 g/mol. The number of aromatic amines is 1. The third-order valence-corrected chi connectivity index (χ3v) is 4.14. The Morgan fingerprint density at radius 1 is 1.18 bits per heavy atom. The molecule has 1 saturated heterocycles. The van der Waals surface area contributed by atoms with Crippen LogP contribution >= 0.6 is 11.6 Å². The molecule has 0 amide bonds. The van der Waals surface area contributed by atoms with Gasteiger partial charge in [0, 0.05) is 27.7 Å². The maximum atomic E-state index is 9.95. The van der Waals surface area contributed by atoms with Crippen molar-refractivity contribution < 1.29 is 14.6 Å². The van der Waals surface area contributed by atoms with E-state index in [2.05, 4.69) is 4.98 Å². The Balaban J connectivity index is 1.62. The van der Waals surface area contributed by atoms with Crippen LogP contribution in [0.2, 0.25) is 5.02 Å². The Kier molecular flexibility index (Phi) is 3.20. The van der Waals surface area contributed by atoms with Crippen molar-refractivity contribution in [1.29, 1.82) is 0 Å². The highest BCUT2D eigenvalue weighted by Gasteiger charge is 2.60. The SMILES string of the molecule is OC1OC1(OCc1ccc(Cl)cc1)c1c[nH]c2ccccc12. The van der Waals surface area contributed by atoms with E-state index in [1.807, 2.05) is 54.7 Å². The lowest BCUT2D eigenvalue weighted by Gasteiger charge is -2.13. The number of aromatic nitrogens is 1. The van der Waals surface area contributed by atoms with Gasteiger partial charge in [0.25, 0.3) is 5.79 Å². The van der Waals surface area contributed by atoms with Gasteiger partial charge in [-0.2, -0.15) is 0 Å². The van der Waals surface area contributed by atoms with Crippen molar-refractivity contribution in [3.8, 4) is 0 Å². The molecule has 0 saturated carbocycles. The van der Waals surface area contributed by atoms with Crippen LogP contribution in [0.3, 0.4) is 0 Å².